The monoisotopic (exact) mass is 184 g/mol. The van der Waals surface area contributed by atoms with Crippen LogP contribution in [-0.2, 0) is 0 Å². The van der Waals surface area contributed by atoms with Gasteiger partial charge in [-0.25, -0.2) is 0 Å². The summed E-state index contributed by atoms with van der Waals surface area (Å²) in [7, 11) is 0. The van der Waals surface area contributed by atoms with Gasteiger partial charge in [-0.15, -0.1) is 0 Å². The molecule has 0 fully saturated rings. The molecule has 0 saturated heterocycles. The van der Waals surface area contributed by atoms with Gasteiger partial charge in [-0.3, -0.25) is 0 Å². The number of hydrogen-bond acceptors (Lipinski definition) is 5. The first kappa shape index (κ1) is 9.98. The molecule has 0 saturated carbocycles. The van der Waals surface area contributed by atoms with E-state index in [1.165, 1.54) is 0 Å². The third kappa shape index (κ3) is 2.18. The topological polar surface area (TPSA) is 68.2 Å². The smallest absolute Gasteiger partial charge is 0.266 e. The van der Waals surface area contributed by atoms with Crippen LogP contribution in [-0.4, -0.2) is 23.2 Å². The molecule has 0 aliphatic heterocycles. The highest BCUT2D eigenvalue weighted by molar-refractivity contribution is 5.26. The molecule has 1 unspecified atom stereocenters. The summed E-state index contributed by atoms with van der Waals surface area (Å²) >= 11 is 0. The fourth-order valence-electron chi connectivity index (χ4n) is 1.05. The summed E-state index contributed by atoms with van der Waals surface area (Å²) in [6, 6.07) is -0.197. The molecule has 0 aliphatic carbocycles. The Balaban J connectivity index is 2.78. The highest BCUT2D eigenvalue weighted by atomic mass is 16.5. The molecule has 0 aliphatic rings. The largest absolute Gasteiger partial charge is 0.339 e. The molecular formula is C8H16N4O. The second kappa shape index (κ2) is 4.23. The zero-order chi connectivity index (χ0) is 9.84. The van der Waals surface area contributed by atoms with Crippen LogP contribution in [0.25, 0.3) is 0 Å². The Morgan fingerprint density at radius 2 is 2.08 bits per heavy atom. The number of nitrogens with two attached hydrogens (primary N) is 1. The Bertz CT molecular complexity index is 254. The Morgan fingerprint density at radius 1 is 1.46 bits per heavy atom. The van der Waals surface area contributed by atoms with E-state index in [-0.39, 0.29) is 6.04 Å². The van der Waals surface area contributed by atoms with Gasteiger partial charge in [0.2, 0.25) is 5.89 Å². The second-order valence-corrected chi connectivity index (χ2v) is 2.89. The van der Waals surface area contributed by atoms with Crippen molar-refractivity contribution in [2.45, 2.75) is 26.8 Å². The maximum atomic E-state index is 5.60. The van der Waals surface area contributed by atoms with Gasteiger partial charge in [0, 0.05) is 13.1 Å². The third-order valence-corrected chi connectivity index (χ3v) is 1.87. The minimum absolute atomic E-state index is 0.197. The van der Waals surface area contributed by atoms with Gasteiger partial charge in [-0.2, -0.15) is 4.98 Å². The summed E-state index contributed by atoms with van der Waals surface area (Å²) in [6.45, 7) is 7.65. The van der Waals surface area contributed by atoms with Crippen LogP contribution in [0.2, 0.25) is 0 Å². The number of anilines is 1. The quantitative estimate of drug-likeness (QED) is 0.754. The molecule has 1 heterocycles. The molecule has 74 valence electrons. The van der Waals surface area contributed by atoms with Crippen LogP contribution in [0.3, 0.4) is 0 Å². The average molecular weight is 184 g/mol. The predicted octanol–water partition coefficient (Wildman–Crippen LogP) is 0.935. The SMILES string of the molecule is CCN(CC)c1noc(C(C)N)n1. The summed E-state index contributed by atoms with van der Waals surface area (Å²) in [6.07, 6.45) is 0. The molecule has 5 nitrogen and oxygen atoms in total. The molecule has 0 bridgehead atoms. The van der Waals surface area contributed by atoms with Crippen molar-refractivity contribution in [3.8, 4) is 0 Å². The molecule has 0 aromatic carbocycles. The van der Waals surface area contributed by atoms with Gasteiger partial charge in [-0.1, -0.05) is 0 Å². The number of aromatic nitrogens is 2. The summed E-state index contributed by atoms with van der Waals surface area (Å²) in [5, 5.41) is 3.84. The van der Waals surface area contributed by atoms with E-state index < -0.39 is 0 Å². The minimum atomic E-state index is -0.197. The van der Waals surface area contributed by atoms with Gasteiger partial charge in [-0.05, 0) is 25.9 Å². The van der Waals surface area contributed by atoms with Crippen LogP contribution in [0.15, 0.2) is 4.52 Å². The molecule has 1 rings (SSSR count). The Kier molecular flexibility index (Phi) is 3.25. The molecule has 1 atom stereocenters. The van der Waals surface area contributed by atoms with Crippen LogP contribution >= 0.6 is 0 Å². The summed E-state index contributed by atoms with van der Waals surface area (Å²) < 4.78 is 4.98. The van der Waals surface area contributed by atoms with Crippen molar-refractivity contribution in [1.82, 2.24) is 10.1 Å². The maximum Gasteiger partial charge on any atom is 0.266 e. The van der Waals surface area contributed by atoms with Crippen LogP contribution < -0.4 is 10.6 Å². The molecule has 1 aromatic heterocycles. The molecular weight excluding hydrogens is 168 g/mol. The van der Waals surface area contributed by atoms with E-state index in [1.807, 2.05) is 25.7 Å². The number of nitrogens with zero attached hydrogens (tertiary/aromatic N) is 3. The molecule has 0 radical (unpaired) electrons. The number of hydrogen-bond donors (Lipinski definition) is 1. The molecule has 13 heavy (non-hydrogen) atoms. The second-order valence-electron chi connectivity index (χ2n) is 2.89. The minimum Gasteiger partial charge on any atom is -0.339 e. The van der Waals surface area contributed by atoms with Crippen molar-refractivity contribution < 1.29 is 4.52 Å². The lowest BCUT2D eigenvalue weighted by molar-refractivity contribution is 0.361. The normalized spacial score (nSPS) is 12.9. The Morgan fingerprint density at radius 3 is 2.46 bits per heavy atom. The van der Waals surface area contributed by atoms with Crippen LogP contribution in [0.4, 0.5) is 5.95 Å². The van der Waals surface area contributed by atoms with E-state index in [4.69, 9.17) is 10.3 Å². The van der Waals surface area contributed by atoms with Crippen LogP contribution in [0.1, 0.15) is 32.7 Å². The van der Waals surface area contributed by atoms with Crippen molar-refractivity contribution >= 4 is 5.95 Å². The van der Waals surface area contributed by atoms with Crippen LogP contribution in [0.5, 0.6) is 0 Å². The van der Waals surface area contributed by atoms with E-state index in [2.05, 4.69) is 10.1 Å². The zero-order valence-electron chi connectivity index (χ0n) is 8.32. The summed E-state index contributed by atoms with van der Waals surface area (Å²) in [4.78, 5) is 6.18. The lowest BCUT2D eigenvalue weighted by Gasteiger charge is -2.14. The Hall–Kier alpha value is -1.10. The van der Waals surface area contributed by atoms with Gasteiger partial charge >= 0.3 is 0 Å². The van der Waals surface area contributed by atoms with E-state index >= 15 is 0 Å². The van der Waals surface area contributed by atoms with Crippen molar-refractivity contribution in [3.63, 3.8) is 0 Å². The molecule has 2 N–H and O–H groups in total. The first-order valence-electron chi connectivity index (χ1n) is 4.53. The van der Waals surface area contributed by atoms with E-state index in [0.29, 0.717) is 11.8 Å². The highest BCUT2D eigenvalue weighted by Gasteiger charge is 2.13. The van der Waals surface area contributed by atoms with E-state index in [9.17, 15) is 0 Å². The van der Waals surface area contributed by atoms with Gasteiger partial charge in [0.1, 0.15) is 0 Å². The van der Waals surface area contributed by atoms with Crippen molar-refractivity contribution in [2.24, 2.45) is 5.73 Å². The third-order valence-electron chi connectivity index (χ3n) is 1.87. The molecule has 1 aromatic rings. The standard InChI is InChI=1S/C8H16N4O/c1-4-12(5-2)8-10-7(6(3)9)13-11-8/h6H,4-5,9H2,1-3H3. The molecule has 0 amide bonds. The summed E-state index contributed by atoms with van der Waals surface area (Å²) in [5.74, 6) is 1.11. The number of rotatable bonds is 4. The Labute approximate surface area is 77.9 Å². The highest BCUT2D eigenvalue weighted by Crippen LogP contribution is 2.12. The summed E-state index contributed by atoms with van der Waals surface area (Å²) in [5.41, 5.74) is 5.60. The lowest BCUT2D eigenvalue weighted by Crippen LogP contribution is -2.23. The van der Waals surface area contributed by atoms with Crippen molar-refractivity contribution in [2.75, 3.05) is 18.0 Å². The van der Waals surface area contributed by atoms with Crippen molar-refractivity contribution in [1.29, 1.82) is 0 Å². The first-order chi connectivity index (χ1) is 6.19. The van der Waals surface area contributed by atoms with E-state index in [1.54, 1.807) is 0 Å². The van der Waals surface area contributed by atoms with E-state index in [0.717, 1.165) is 13.1 Å². The molecule has 5 heteroatoms. The lowest BCUT2D eigenvalue weighted by atomic mass is 10.4. The fourth-order valence-corrected chi connectivity index (χ4v) is 1.05. The van der Waals surface area contributed by atoms with Gasteiger partial charge in [0.05, 0.1) is 6.04 Å². The fraction of sp³-hybridized carbons (Fsp3) is 0.750. The maximum absolute atomic E-state index is 5.60. The average Bonchev–Trinajstić information content (AvgIpc) is 2.56. The van der Waals surface area contributed by atoms with Gasteiger partial charge in [0.15, 0.2) is 0 Å². The van der Waals surface area contributed by atoms with Gasteiger partial charge < -0.3 is 15.2 Å². The molecule has 0 spiro atoms. The first-order valence-corrected chi connectivity index (χ1v) is 4.53. The van der Waals surface area contributed by atoms with Crippen LogP contribution in [0, 0.1) is 0 Å². The predicted molar refractivity (Wildman–Crippen MR) is 50.5 cm³/mol. The van der Waals surface area contributed by atoms with Gasteiger partial charge in [0.25, 0.3) is 5.95 Å². The van der Waals surface area contributed by atoms with Crippen molar-refractivity contribution in [3.05, 3.63) is 5.89 Å². The zero-order valence-corrected chi connectivity index (χ0v) is 8.32.